The summed E-state index contributed by atoms with van der Waals surface area (Å²) >= 11 is 4.52. The second-order valence-electron chi connectivity index (χ2n) is 5.20. The lowest BCUT2D eigenvalue weighted by atomic mass is 10.0. The first-order valence-corrected chi connectivity index (χ1v) is 10.4. The van der Waals surface area contributed by atoms with Crippen molar-refractivity contribution < 1.29 is 14.3 Å². The molecule has 2 aromatic heterocycles. The summed E-state index contributed by atoms with van der Waals surface area (Å²) in [7, 11) is 0. The number of carbonyl (C=O) groups is 2. The molecule has 0 radical (unpaired) electrons. The number of thiophene rings is 1. The molecule has 9 heteroatoms. The molecule has 0 aliphatic carbocycles. The zero-order valence-electron chi connectivity index (χ0n) is 13.7. The second kappa shape index (κ2) is 8.03. The molecule has 0 unspecified atom stereocenters. The Bertz CT molecular complexity index is 799. The van der Waals surface area contributed by atoms with Crippen molar-refractivity contribution in [1.82, 2.24) is 15.6 Å². The maximum Gasteiger partial charge on any atom is 0.338 e. The van der Waals surface area contributed by atoms with Gasteiger partial charge in [-0.15, -0.1) is 22.7 Å². The van der Waals surface area contributed by atoms with Gasteiger partial charge in [-0.25, -0.2) is 14.6 Å². The summed E-state index contributed by atoms with van der Waals surface area (Å²) in [6.07, 6.45) is 0. The van der Waals surface area contributed by atoms with Crippen LogP contribution in [-0.4, -0.2) is 29.3 Å². The molecule has 0 aromatic carbocycles. The SMILES string of the molecule is CCOC(=O)C1=C(CSc2nc(C)cs2)NC(=O)N[C@H]1c1cccs1. The molecule has 1 aliphatic rings. The first-order chi connectivity index (χ1) is 12.1. The van der Waals surface area contributed by atoms with Crippen LogP contribution in [0.4, 0.5) is 4.79 Å². The minimum absolute atomic E-state index is 0.277. The predicted molar refractivity (Wildman–Crippen MR) is 100.0 cm³/mol. The van der Waals surface area contributed by atoms with Crippen LogP contribution >= 0.6 is 34.4 Å². The summed E-state index contributed by atoms with van der Waals surface area (Å²) in [5.41, 5.74) is 1.97. The Kier molecular flexibility index (Phi) is 5.77. The molecule has 132 valence electrons. The number of rotatable bonds is 6. The summed E-state index contributed by atoms with van der Waals surface area (Å²) in [5.74, 6) is 0.0236. The normalized spacial score (nSPS) is 17.2. The van der Waals surface area contributed by atoms with Crippen LogP contribution in [0.5, 0.6) is 0 Å². The molecule has 1 atom stereocenters. The fraction of sp³-hybridized carbons (Fsp3) is 0.312. The van der Waals surface area contributed by atoms with Crippen LogP contribution in [0, 0.1) is 6.92 Å². The molecule has 2 amide bonds. The third kappa shape index (κ3) is 4.23. The van der Waals surface area contributed by atoms with Crippen LogP contribution in [-0.2, 0) is 9.53 Å². The minimum atomic E-state index is -0.499. The van der Waals surface area contributed by atoms with Gasteiger partial charge in [-0.1, -0.05) is 17.8 Å². The van der Waals surface area contributed by atoms with Crippen molar-refractivity contribution in [2.75, 3.05) is 12.4 Å². The van der Waals surface area contributed by atoms with Crippen LogP contribution in [0.25, 0.3) is 0 Å². The molecule has 6 nitrogen and oxygen atoms in total. The standard InChI is InChI=1S/C16H17N3O3S3/c1-3-22-14(20)12-10(8-25-16-17-9(2)7-24-16)18-15(21)19-13(12)11-5-4-6-23-11/h4-7,13H,3,8H2,1-2H3,(H2,18,19,21)/t13-/m0/s1. The third-order valence-corrected chi connectivity index (χ3v) is 6.52. The summed E-state index contributed by atoms with van der Waals surface area (Å²) in [6, 6.07) is 2.97. The van der Waals surface area contributed by atoms with E-state index in [-0.39, 0.29) is 12.6 Å². The highest BCUT2D eigenvalue weighted by atomic mass is 32.2. The van der Waals surface area contributed by atoms with Gasteiger partial charge in [0.15, 0.2) is 0 Å². The molecule has 25 heavy (non-hydrogen) atoms. The fourth-order valence-corrected chi connectivity index (χ4v) is 4.99. The average molecular weight is 396 g/mol. The lowest BCUT2D eigenvalue weighted by molar-refractivity contribution is -0.139. The second-order valence-corrected chi connectivity index (χ2v) is 8.26. The number of nitrogens with zero attached hydrogens (tertiary/aromatic N) is 1. The van der Waals surface area contributed by atoms with Crippen LogP contribution in [0.1, 0.15) is 23.5 Å². The van der Waals surface area contributed by atoms with Crippen LogP contribution < -0.4 is 10.6 Å². The molecular weight excluding hydrogens is 378 g/mol. The Labute approximate surface area is 157 Å². The topological polar surface area (TPSA) is 80.3 Å². The van der Waals surface area contributed by atoms with E-state index in [0.29, 0.717) is 17.0 Å². The molecule has 1 aliphatic heterocycles. The van der Waals surface area contributed by atoms with E-state index >= 15 is 0 Å². The van der Waals surface area contributed by atoms with Crippen molar-refractivity contribution in [3.05, 3.63) is 44.7 Å². The van der Waals surface area contributed by atoms with Gasteiger partial charge in [-0.3, -0.25) is 0 Å². The molecule has 0 spiro atoms. The zero-order chi connectivity index (χ0) is 17.8. The number of nitrogens with one attached hydrogen (secondary N) is 2. The summed E-state index contributed by atoms with van der Waals surface area (Å²) in [6.45, 7) is 3.97. The molecule has 2 aromatic rings. The number of urea groups is 1. The Morgan fingerprint density at radius 3 is 2.92 bits per heavy atom. The number of amides is 2. The van der Waals surface area contributed by atoms with Crippen LogP contribution in [0.2, 0.25) is 0 Å². The zero-order valence-corrected chi connectivity index (χ0v) is 16.1. The third-order valence-electron chi connectivity index (χ3n) is 3.41. The first kappa shape index (κ1) is 18.0. The number of hydrogen-bond donors (Lipinski definition) is 2. The molecule has 0 bridgehead atoms. The Morgan fingerprint density at radius 1 is 1.44 bits per heavy atom. The average Bonchev–Trinajstić information content (AvgIpc) is 3.24. The molecule has 0 saturated heterocycles. The lowest BCUT2D eigenvalue weighted by Crippen LogP contribution is -2.46. The first-order valence-electron chi connectivity index (χ1n) is 7.64. The number of aromatic nitrogens is 1. The monoisotopic (exact) mass is 395 g/mol. The molecule has 3 rings (SSSR count). The number of thioether (sulfide) groups is 1. The molecular formula is C16H17N3O3S3. The quantitative estimate of drug-likeness (QED) is 0.578. The van der Waals surface area contributed by atoms with Crippen molar-refractivity contribution in [3.8, 4) is 0 Å². The molecule has 2 N–H and O–H groups in total. The predicted octanol–water partition coefficient (Wildman–Crippen LogP) is 3.48. The Balaban J connectivity index is 1.92. The largest absolute Gasteiger partial charge is 0.463 e. The highest BCUT2D eigenvalue weighted by Gasteiger charge is 2.34. The fourth-order valence-electron chi connectivity index (χ4n) is 2.38. The molecule has 0 fully saturated rings. The van der Waals surface area contributed by atoms with Crippen molar-refractivity contribution >= 4 is 46.4 Å². The van der Waals surface area contributed by atoms with Crippen molar-refractivity contribution in [2.45, 2.75) is 24.2 Å². The minimum Gasteiger partial charge on any atom is -0.463 e. The summed E-state index contributed by atoms with van der Waals surface area (Å²) in [5, 5.41) is 9.47. The van der Waals surface area contributed by atoms with E-state index < -0.39 is 12.0 Å². The maximum absolute atomic E-state index is 12.5. The van der Waals surface area contributed by atoms with Gasteiger partial charge in [0.2, 0.25) is 0 Å². The van der Waals surface area contributed by atoms with E-state index in [1.807, 2.05) is 29.8 Å². The number of ether oxygens (including phenoxy) is 1. The summed E-state index contributed by atoms with van der Waals surface area (Å²) in [4.78, 5) is 29.9. The number of hydrogen-bond acceptors (Lipinski definition) is 7. The van der Waals surface area contributed by atoms with Crippen molar-refractivity contribution in [3.63, 3.8) is 0 Å². The van der Waals surface area contributed by atoms with Gasteiger partial charge < -0.3 is 15.4 Å². The number of esters is 1. The number of aryl methyl sites for hydroxylation is 1. The van der Waals surface area contributed by atoms with Gasteiger partial charge in [0.05, 0.1) is 18.2 Å². The van der Waals surface area contributed by atoms with E-state index in [1.54, 1.807) is 18.3 Å². The highest BCUT2D eigenvalue weighted by molar-refractivity contribution is 8.01. The highest BCUT2D eigenvalue weighted by Crippen LogP contribution is 2.33. The van der Waals surface area contributed by atoms with Crippen LogP contribution in [0.3, 0.4) is 0 Å². The van der Waals surface area contributed by atoms with Gasteiger partial charge >= 0.3 is 12.0 Å². The molecule has 3 heterocycles. The Morgan fingerprint density at radius 2 is 2.28 bits per heavy atom. The van der Waals surface area contributed by atoms with E-state index in [9.17, 15) is 9.59 Å². The molecule has 0 saturated carbocycles. The summed E-state index contributed by atoms with van der Waals surface area (Å²) < 4.78 is 6.12. The smallest absolute Gasteiger partial charge is 0.338 e. The van der Waals surface area contributed by atoms with E-state index in [2.05, 4.69) is 15.6 Å². The number of carbonyl (C=O) groups excluding carboxylic acids is 2. The van der Waals surface area contributed by atoms with Gasteiger partial charge in [0.1, 0.15) is 4.34 Å². The van der Waals surface area contributed by atoms with Gasteiger partial charge in [-0.05, 0) is 25.3 Å². The van der Waals surface area contributed by atoms with Crippen LogP contribution in [0.15, 0.2) is 38.5 Å². The van der Waals surface area contributed by atoms with E-state index in [1.165, 1.54) is 23.1 Å². The maximum atomic E-state index is 12.5. The van der Waals surface area contributed by atoms with Gasteiger partial charge in [0, 0.05) is 27.4 Å². The number of thiazole rings is 1. The van der Waals surface area contributed by atoms with Gasteiger partial charge in [-0.2, -0.15) is 0 Å². The van der Waals surface area contributed by atoms with Crippen molar-refractivity contribution in [2.24, 2.45) is 0 Å². The van der Waals surface area contributed by atoms with Gasteiger partial charge in [0.25, 0.3) is 0 Å². The van der Waals surface area contributed by atoms with E-state index in [0.717, 1.165) is 14.9 Å². The van der Waals surface area contributed by atoms with E-state index in [4.69, 9.17) is 4.74 Å². The lowest BCUT2D eigenvalue weighted by Gasteiger charge is -2.28. The van der Waals surface area contributed by atoms with Crippen molar-refractivity contribution in [1.29, 1.82) is 0 Å². The Hall–Kier alpha value is -1.84.